The summed E-state index contributed by atoms with van der Waals surface area (Å²) in [5, 5.41) is 0. The highest BCUT2D eigenvalue weighted by atomic mass is 16.5. The Morgan fingerprint density at radius 1 is 0.935 bits per heavy atom. The second-order valence-corrected chi connectivity index (χ2v) is 8.68. The molecule has 2 aliphatic rings. The van der Waals surface area contributed by atoms with Crippen molar-refractivity contribution in [3.05, 3.63) is 59.7 Å². The number of rotatable bonds is 4. The minimum Gasteiger partial charge on any atom is -0.476 e. The summed E-state index contributed by atoms with van der Waals surface area (Å²) < 4.78 is 5.92. The molecule has 2 aliphatic heterocycles. The van der Waals surface area contributed by atoms with E-state index >= 15 is 0 Å². The van der Waals surface area contributed by atoms with Crippen LogP contribution >= 0.6 is 0 Å². The van der Waals surface area contributed by atoms with Crippen molar-refractivity contribution in [2.75, 3.05) is 24.5 Å². The fourth-order valence-electron chi connectivity index (χ4n) is 4.17. The van der Waals surface area contributed by atoms with Gasteiger partial charge in [-0.3, -0.25) is 19.3 Å². The number of nitrogens with zero attached hydrogens (tertiary/aromatic N) is 2. The molecule has 0 bridgehead atoms. The van der Waals surface area contributed by atoms with E-state index in [1.165, 1.54) is 4.90 Å². The highest BCUT2D eigenvalue weighted by Gasteiger charge is 2.42. The number of carbonyl (C=O) groups is 3. The van der Waals surface area contributed by atoms with Crippen LogP contribution in [-0.2, 0) is 4.79 Å². The monoisotopic (exact) mass is 420 g/mol. The Bertz CT molecular complexity index is 992. The fourth-order valence-corrected chi connectivity index (χ4v) is 4.17. The first-order chi connectivity index (χ1) is 14.9. The predicted octanol–water partition coefficient (Wildman–Crippen LogP) is 4.09. The number of hydrogen-bond acceptors (Lipinski definition) is 4. The molecule has 0 aliphatic carbocycles. The van der Waals surface area contributed by atoms with Crippen molar-refractivity contribution >= 4 is 23.3 Å². The van der Waals surface area contributed by atoms with Gasteiger partial charge in [-0.1, -0.05) is 43.2 Å². The summed E-state index contributed by atoms with van der Waals surface area (Å²) in [5.41, 5.74) is 0.418. The lowest BCUT2D eigenvalue weighted by atomic mass is 10.0. The molecule has 0 unspecified atom stereocenters. The number of ether oxygens (including phenoxy) is 1. The van der Waals surface area contributed by atoms with Crippen LogP contribution in [0.25, 0.3) is 0 Å². The lowest BCUT2D eigenvalue weighted by molar-refractivity contribution is -0.132. The Balaban J connectivity index is 1.66. The fraction of sp³-hybridized carbons (Fsp3) is 0.400. The van der Waals surface area contributed by atoms with E-state index in [4.69, 9.17) is 4.74 Å². The van der Waals surface area contributed by atoms with E-state index in [1.54, 1.807) is 56.3 Å². The van der Waals surface area contributed by atoms with Gasteiger partial charge >= 0.3 is 0 Å². The van der Waals surface area contributed by atoms with E-state index in [0.717, 1.165) is 38.8 Å². The van der Waals surface area contributed by atoms with Crippen LogP contribution in [0, 0.1) is 0 Å². The van der Waals surface area contributed by atoms with Gasteiger partial charge in [0.2, 0.25) is 0 Å². The predicted molar refractivity (Wildman–Crippen MR) is 119 cm³/mol. The van der Waals surface area contributed by atoms with E-state index in [1.807, 2.05) is 11.0 Å². The zero-order valence-electron chi connectivity index (χ0n) is 18.1. The largest absolute Gasteiger partial charge is 0.476 e. The molecule has 1 saturated heterocycles. The highest BCUT2D eigenvalue weighted by molar-refractivity contribution is 6.10. The molecule has 6 heteroatoms. The number of Topliss-reactive ketones (excluding diaryl/α,β-unsaturated/α-hetero) is 1. The number of benzene rings is 2. The summed E-state index contributed by atoms with van der Waals surface area (Å²) in [6.07, 6.45) is 4.29. The Morgan fingerprint density at radius 3 is 2.29 bits per heavy atom. The quantitative estimate of drug-likeness (QED) is 0.699. The zero-order valence-corrected chi connectivity index (χ0v) is 18.1. The summed E-state index contributed by atoms with van der Waals surface area (Å²) in [6, 6.07) is 14.1. The lowest BCUT2D eigenvalue weighted by Crippen LogP contribution is -2.54. The van der Waals surface area contributed by atoms with E-state index < -0.39 is 5.60 Å². The molecule has 1 fully saturated rings. The van der Waals surface area contributed by atoms with Gasteiger partial charge in [0.25, 0.3) is 11.8 Å². The molecule has 4 rings (SSSR count). The molecule has 2 aromatic carbocycles. The Labute approximate surface area is 182 Å². The third-order valence-corrected chi connectivity index (χ3v) is 5.91. The average molecular weight is 421 g/mol. The van der Waals surface area contributed by atoms with Gasteiger partial charge in [-0.05, 0) is 44.9 Å². The normalized spacial score (nSPS) is 18.1. The van der Waals surface area contributed by atoms with Gasteiger partial charge in [-0.2, -0.15) is 0 Å². The third-order valence-electron chi connectivity index (χ3n) is 5.91. The van der Waals surface area contributed by atoms with E-state index in [-0.39, 0.29) is 24.1 Å². The second-order valence-electron chi connectivity index (χ2n) is 8.68. The standard InChI is InChI=1S/C25H28N2O4/c1-25(2)24(30)27(17-21(28)18-10-6-5-7-11-18)20-16-19(12-13-22(20)31-25)23(29)26-14-8-3-4-9-15-26/h5-7,10-13,16H,3-4,8-9,14-15,17H2,1-2H3. The maximum absolute atomic E-state index is 13.2. The first-order valence-electron chi connectivity index (χ1n) is 10.9. The van der Waals surface area contributed by atoms with Gasteiger partial charge in [0.1, 0.15) is 5.75 Å². The second kappa shape index (κ2) is 8.53. The molecule has 2 heterocycles. The molecule has 0 N–H and O–H groups in total. The van der Waals surface area contributed by atoms with Gasteiger partial charge in [0.15, 0.2) is 11.4 Å². The van der Waals surface area contributed by atoms with Crippen LogP contribution in [0.2, 0.25) is 0 Å². The minimum atomic E-state index is -1.10. The minimum absolute atomic E-state index is 0.0451. The van der Waals surface area contributed by atoms with E-state index in [0.29, 0.717) is 22.6 Å². The van der Waals surface area contributed by atoms with Gasteiger partial charge in [0.05, 0.1) is 12.2 Å². The van der Waals surface area contributed by atoms with Crippen molar-refractivity contribution in [1.29, 1.82) is 0 Å². The Morgan fingerprint density at radius 2 is 1.61 bits per heavy atom. The van der Waals surface area contributed by atoms with Crippen LogP contribution in [0.1, 0.15) is 60.2 Å². The third kappa shape index (κ3) is 4.33. The number of amides is 2. The smallest absolute Gasteiger partial charge is 0.271 e. The molecule has 2 amide bonds. The molecule has 162 valence electrons. The van der Waals surface area contributed by atoms with Crippen molar-refractivity contribution in [3.63, 3.8) is 0 Å². The molecule has 6 nitrogen and oxygen atoms in total. The molecule has 2 aromatic rings. The van der Waals surface area contributed by atoms with Crippen LogP contribution < -0.4 is 9.64 Å². The summed E-state index contributed by atoms with van der Waals surface area (Å²) in [4.78, 5) is 42.5. The number of fused-ring (bicyclic) bond motifs is 1. The number of likely N-dealkylation sites (tertiary alicyclic amines) is 1. The van der Waals surface area contributed by atoms with Gasteiger partial charge in [-0.25, -0.2) is 0 Å². The molecular formula is C25H28N2O4. The molecule has 0 aromatic heterocycles. The van der Waals surface area contributed by atoms with E-state index in [2.05, 4.69) is 0 Å². The lowest BCUT2D eigenvalue weighted by Gasteiger charge is -2.38. The summed E-state index contributed by atoms with van der Waals surface area (Å²) >= 11 is 0. The highest BCUT2D eigenvalue weighted by Crippen LogP contribution is 2.38. The van der Waals surface area contributed by atoms with Crippen LogP contribution in [0.5, 0.6) is 5.75 Å². The summed E-state index contributed by atoms with van der Waals surface area (Å²) in [6.45, 7) is 4.76. The maximum Gasteiger partial charge on any atom is 0.271 e. The number of anilines is 1. The van der Waals surface area contributed by atoms with Gasteiger partial charge < -0.3 is 9.64 Å². The van der Waals surface area contributed by atoms with Crippen LogP contribution in [-0.4, -0.2) is 47.7 Å². The average Bonchev–Trinajstić information content (AvgIpc) is 3.06. The molecule has 0 radical (unpaired) electrons. The van der Waals surface area contributed by atoms with Crippen molar-refractivity contribution in [1.82, 2.24) is 4.90 Å². The number of carbonyl (C=O) groups excluding carboxylic acids is 3. The number of hydrogen-bond donors (Lipinski definition) is 0. The first-order valence-corrected chi connectivity index (χ1v) is 10.9. The van der Waals surface area contributed by atoms with Gasteiger partial charge in [0, 0.05) is 24.2 Å². The van der Waals surface area contributed by atoms with E-state index in [9.17, 15) is 14.4 Å². The van der Waals surface area contributed by atoms with Crippen LogP contribution in [0.15, 0.2) is 48.5 Å². The first kappa shape index (κ1) is 21.1. The number of ketones is 1. The molecular weight excluding hydrogens is 392 g/mol. The Kier molecular flexibility index (Phi) is 5.81. The van der Waals surface area contributed by atoms with Crippen molar-refractivity contribution in [3.8, 4) is 5.75 Å². The van der Waals surface area contributed by atoms with Crippen LogP contribution in [0.3, 0.4) is 0 Å². The SMILES string of the molecule is CC1(C)Oc2ccc(C(=O)N3CCCCCC3)cc2N(CC(=O)c2ccccc2)C1=O. The Hall–Kier alpha value is -3.15. The topological polar surface area (TPSA) is 66.9 Å². The zero-order chi connectivity index (χ0) is 22.0. The molecule has 31 heavy (non-hydrogen) atoms. The van der Waals surface area contributed by atoms with Crippen molar-refractivity contribution in [2.24, 2.45) is 0 Å². The molecule has 0 spiro atoms. The van der Waals surface area contributed by atoms with Crippen LogP contribution in [0.4, 0.5) is 5.69 Å². The molecule has 0 saturated carbocycles. The van der Waals surface area contributed by atoms with Gasteiger partial charge in [-0.15, -0.1) is 0 Å². The summed E-state index contributed by atoms with van der Waals surface area (Å²) in [5.74, 6) is -0.0142. The summed E-state index contributed by atoms with van der Waals surface area (Å²) in [7, 11) is 0. The molecule has 0 atom stereocenters. The van der Waals surface area contributed by atoms with Crippen molar-refractivity contribution in [2.45, 2.75) is 45.1 Å². The maximum atomic E-state index is 13.2. The van der Waals surface area contributed by atoms with Crippen molar-refractivity contribution < 1.29 is 19.1 Å².